The lowest BCUT2D eigenvalue weighted by atomic mass is 9.89. The second-order valence-corrected chi connectivity index (χ2v) is 4.89. The van der Waals surface area contributed by atoms with Gasteiger partial charge in [0.25, 0.3) is 5.91 Å². The molecule has 0 atom stereocenters. The zero-order valence-electron chi connectivity index (χ0n) is 10.4. The van der Waals surface area contributed by atoms with Gasteiger partial charge in [-0.25, -0.2) is 13.2 Å². The molecule has 19 heavy (non-hydrogen) atoms. The number of carbonyl (C=O) groups is 1. The molecule has 104 valence electrons. The van der Waals surface area contributed by atoms with E-state index in [4.69, 9.17) is 0 Å². The highest BCUT2D eigenvalue weighted by atomic mass is 19.2. The predicted molar refractivity (Wildman–Crippen MR) is 62.1 cm³/mol. The monoisotopic (exact) mass is 273 g/mol. The molecular formula is C13H14F3NO2. The SMILES string of the molecule is CCCC1(O)CN(C(=O)c2cc(F)c(F)c(F)c2)C1. The number of amides is 1. The summed E-state index contributed by atoms with van der Waals surface area (Å²) in [5, 5.41) is 9.93. The minimum absolute atomic E-state index is 0.125. The quantitative estimate of drug-likeness (QED) is 0.857. The van der Waals surface area contributed by atoms with Crippen molar-refractivity contribution < 1.29 is 23.1 Å². The Kier molecular flexibility index (Phi) is 3.54. The van der Waals surface area contributed by atoms with Gasteiger partial charge < -0.3 is 10.0 Å². The van der Waals surface area contributed by atoms with E-state index in [1.807, 2.05) is 6.92 Å². The maximum atomic E-state index is 13.0. The van der Waals surface area contributed by atoms with E-state index in [1.165, 1.54) is 4.90 Å². The molecule has 1 fully saturated rings. The van der Waals surface area contributed by atoms with Crippen molar-refractivity contribution in [3.8, 4) is 0 Å². The molecule has 0 aromatic heterocycles. The highest BCUT2D eigenvalue weighted by molar-refractivity contribution is 5.95. The minimum atomic E-state index is -1.59. The normalized spacial score (nSPS) is 17.2. The van der Waals surface area contributed by atoms with Crippen LogP contribution in [0.2, 0.25) is 0 Å². The van der Waals surface area contributed by atoms with Crippen LogP contribution in [0.15, 0.2) is 12.1 Å². The molecule has 0 unspecified atom stereocenters. The van der Waals surface area contributed by atoms with E-state index in [-0.39, 0.29) is 18.7 Å². The van der Waals surface area contributed by atoms with Gasteiger partial charge in [0.15, 0.2) is 17.5 Å². The predicted octanol–water partition coefficient (Wildman–Crippen LogP) is 2.09. The summed E-state index contributed by atoms with van der Waals surface area (Å²) in [7, 11) is 0. The van der Waals surface area contributed by atoms with E-state index in [0.29, 0.717) is 18.6 Å². The van der Waals surface area contributed by atoms with E-state index in [9.17, 15) is 23.1 Å². The number of nitrogens with zero attached hydrogens (tertiary/aromatic N) is 1. The zero-order valence-corrected chi connectivity index (χ0v) is 10.4. The summed E-state index contributed by atoms with van der Waals surface area (Å²) in [5.74, 6) is -5.00. The lowest BCUT2D eigenvalue weighted by Crippen LogP contribution is -2.63. The smallest absolute Gasteiger partial charge is 0.254 e. The van der Waals surface area contributed by atoms with Crippen molar-refractivity contribution in [2.24, 2.45) is 0 Å². The average Bonchev–Trinajstić information content (AvgIpc) is 2.31. The number of benzene rings is 1. The van der Waals surface area contributed by atoms with Gasteiger partial charge in [-0.1, -0.05) is 13.3 Å². The Morgan fingerprint density at radius 2 is 1.84 bits per heavy atom. The van der Waals surface area contributed by atoms with Crippen LogP contribution in [0.3, 0.4) is 0 Å². The topological polar surface area (TPSA) is 40.5 Å². The Bertz CT molecular complexity index is 490. The maximum absolute atomic E-state index is 13.0. The van der Waals surface area contributed by atoms with E-state index >= 15 is 0 Å². The van der Waals surface area contributed by atoms with Crippen molar-refractivity contribution in [3.05, 3.63) is 35.1 Å². The molecule has 3 nitrogen and oxygen atoms in total. The van der Waals surface area contributed by atoms with Crippen molar-refractivity contribution in [2.75, 3.05) is 13.1 Å². The number of likely N-dealkylation sites (tertiary alicyclic amines) is 1. The molecule has 1 aliphatic rings. The third-order valence-electron chi connectivity index (χ3n) is 3.20. The first-order valence-corrected chi connectivity index (χ1v) is 6.02. The first kappa shape index (κ1) is 13.9. The third-order valence-corrected chi connectivity index (χ3v) is 3.20. The van der Waals surface area contributed by atoms with Crippen LogP contribution in [0.1, 0.15) is 30.1 Å². The molecule has 6 heteroatoms. The average molecular weight is 273 g/mol. The molecule has 1 N–H and O–H groups in total. The van der Waals surface area contributed by atoms with E-state index in [0.717, 1.165) is 6.42 Å². The number of halogens is 3. The number of hydrogen-bond donors (Lipinski definition) is 1. The number of β-amino-alcohol motifs (C(OH)–C–C–N with tert-alkyl or cyclic N) is 1. The van der Waals surface area contributed by atoms with Crippen LogP contribution in [-0.4, -0.2) is 34.6 Å². The van der Waals surface area contributed by atoms with Crippen LogP contribution in [-0.2, 0) is 0 Å². The van der Waals surface area contributed by atoms with E-state index in [1.54, 1.807) is 0 Å². The van der Waals surface area contributed by atoms with Crippen molar-refractivity contribution >= 4 is 5.91 Å². The summed E-state index contributed by atoms with van der Waals surface area (Å²) < 4.78 is 38.8. The van der Waals surface area contributed by atoms with Crippen molar-refractivity contribution in [2.45, 2.75) is 25.4 Å². The molecule has 0 aliphatic carbocycles. The van der Waals surface area contributed by atoms with Gasteiger partial charge in [-0.2, -0.15) is 0 Å². The van der Waals surface area contributed by atoms with Crippen LogP contribution in [0.25, 0.3) is 0 Å². The number of rotatable bonds is 3. The molecule has 1 aromatic rings. The number of hydrogen-bond acceptors (Lipinski definition) is 2. The molecule has 1 amide bonds. The molecule has 1 saturated heterocycles. The molecular weight excluding hydrogens is 259 g/mol. The second kappa shape index (κ2) is 4.85. The Hall–Kier alpha value is -1.56. The van der Waals surface area contributed by atoms with Crippen LogP contribution in [0.4, 0.5) is 13.2 Å². The highest BCUT2D eigenvalue weighted by Crippen LogP contribution is 2.27. The summed E-state index contributed by atoms with van der Waals surface area (Å²) in [6.45, 7) is 2.16. The van der Waals surface area contributed by atoms with Crippen molar-refractivity contribution in [1.29, 1.82) is 0 Å². The van der Waals surface area contributed by atoms with Gasteiger partial charge in [0.05, 0.1) is 18.7 Å². The molecule has 0 bridgehead atoms. The van der Waals surface area contributed by atoms with Crippen molar-refractivity contribution in [1.82, 2.24) is 4.90 Å². The maximum Gasteiger partial charge on any atom is 0.254 e. The lowest BCUT2D eigenvalue weighted by molar-refractivity contribution is -0.0860. The van der Waals surface area contributed by atoms with Gasteiger partial charge >= 0.3 is 0 Å². The van der Waals surface area contributed by atoms with Crippen LogP contribution in [0.5, 0.6) is 0 Å². The molecule has 1 aromatic carbocycles. The minimum Gasteiger partial charge on any atom is -0.386 e. The molecule has 0 spiro atoms. The first-order chi connectivity index (χ1) is 8.86. The summed E-state index contributed by atoms with van der Waals surface area (Å²) in [5.41, 5.74) is -1.17. The molecule has 0 saturated carbocycles. The highest BCUT2D eigenvalue weighted by Gasteiger charge is 2.43. The van der Waals surface area contributed by atoms with Gasteiger partial charge in [-0.15, -0.1) is 0 Å². The Labute approximate surface area is 108 Å². The lowest BCUT2D eigenvalue weighted by Gasteiger charge is -2.46. The third kappa shape index (κ3) is 2.58. The fraction of sp³-hybridized carbons (Fsp3) is 0.462. The van der Waals surface area contributed by atoms with Gasteiger partial charge in [0.2, 0.25) is 0 Å². The molecule has 1 heterocycles. The molecule has 0 radical (unpaired) electrons. The summed E-state index contributed by atoms with van der Waals surface area (Å²) in [4.78, 5) is 13.2. The van der Waals surface area contributed by atoms with Crippen LogP contribution >= 0.6 is 0 Å². The van der Waals surface area contributed by atoms with Crippen LogP contribution < -0.4 is 0 Å². The molecule has 2 rings (SSSR count). The summed E-state index contributed by atoms with van der Waals surface area (Å²) in [6.07, 6.45) is 1.33. The fourth-order valence-corrected chi connectivity index (χ4v) is 2.29. The van der Waals surface area contributed by atoms with Gasteiger partial charge in [-0.05, 0) is 18.6 Å². The first-order valence-electron chi connectivity index (χ1n) is 6.02. The van der Waals surface area contributed by atoms with E-state index in [2.05, 4.69) is 0 Å². The van der Waals surface area contributed by atoms with Gasteiger partial charge in [0.1, 0.15) is 0 Å². The number of carbonyl (C=O) groups excluding carboxylic acids is 1. The van der Waals surface area contributed by atoms with Crippen molar-refractivity contribution in [3.63, 3.8) is 0 Å². The molecule has 1 aliphatic heterocycles. The largest absolute Gasteiger partial charge is 0.386 e. The number of aliphatic hydroxyl groups is 1. The van der Waals surface area contributed by atoms with Gasteiger partial charge in [-0.3, -0.25) is 4.79 Å². The van der Waals surface area contributed by atoms with Crippen LogP contribution in [0, 0.1) is 17.5 Å². The second-order valence-electron chi connectivity index (χ2n) is 4.89. The fourth-order valence-electron chi connectivity index (χ4n) is 2.29. The summed E-state index contributed by atoms with van der Waals surface area (Å²) in [6, 6.07) is 1.33. The zero-order chi connectivity index (χ0) is 14.2. The Morgan fingerprint density at radius 3 is 2.32 bits per heavy atom. The van der Waals surface area contributed by atoms with Gasteiger partial charge in [0, 0.05) is 5.56 Å². The Morgan fingerprint density at radius 1 is 1.32 bits per heavy atom. The summed E-state index contributed by atoms with van der Waals surface area (Å²) >= 11 is 0. The Balaban J connectivity index is 2.10. The standard InChI is InChI=1S/C13H14F3NO2/c1-2-3-13(19)6-17(7-13)12(18)8-4-9(14)11(16)10(15)5-8/h4-5,19H,2-3,6-7H2,1H3. The van der Waals surface area contributed by atoms with E-state index < -0.39 is 29.0 Å².